The van der Waals surface area contributed by atoms with Crippen LogP contribution in [0.4, 0.5) is 11.4 Å². The molecule has 0 aromatic heterocycles. The fourth-order valence-electron chi connectivity index (χ4n) is 3.19. The van der Waals surface area contributed by atoms with Crippen LogP contribution in [-0.2, 0) is 4.79 Å². The van der Waals surface area contributed by atoms with Crippen molar-refractivity contribution in [3.8, 4) is 0 Å². The molecule has 1 amide bonds. The monoisotopic (exact) mass is 289 g/mol. The van der Waals surface area contributed by atoms with Crippen molar-refractivity contribution in [3.63, 3.8) is 0 Å². The van der Waals surface area contributed by atoms with Crippen molar-refractivity contribution >= 4 is 17.3 Å². The van der Waals surface area contributed by atoms with Crippen molar-refractivity contribution in [2.24, 2.45) is 0 Å². The SMILES string of the molecule is CCCC1CCCCN1C(C)C(=O)Nc1cccc(N)c1. The van der Waals surface area contributed by atoms with E-state index >= 15 is 0 Å². The van der Waals surface area contributed by atoms with Gasteiger partial charge in [0.25, 0.3) is 0 Å². The molecule has 4 nitrogen and oxygen atoms in total. The second-order valence-electron chi connectivity index (χ2n) is 5.97. The van der Waals surface area contributed by atoms with E-state index in [-0.39, 0.29) is 11.9 Å². The molecule has 3 N–H and O–H groups in total. The molecule has 1 heterocycles. The average Bonchev–Trinajstić information content (AvgIpc) is 2.47. The second kappa shape index (κ2) is 7.46. The van der Waals surface area contributed by atoms with Crippen LogP contribution in [0.15, 0.2) is 24.3 Å². The first-order valence-electron chi connectivity index (χ1n) is 8.04. The zero-order chi connectivity index (χ0) is 15.2. The van der Waals surface area contributed by atoms with Gasteiger partial charge in [0.1, 0.15) is 0 Å². The third kappa shape index (κ3) is 4.21. The van der Waals surface area contributed by atoms with Gasteiger partial charge in [0.15, 0.2) is 0 Å². The lowest BCUT2D eigenvalue weighted by atomic mass is 9.96. The van der Waals surface area contributed by atoms with E-state index in [1.807, 2.05) is 25.1 Å². The Morgan fingerprint density at radius 3 is 3.00 bits per heavy atom. The maximum atomic E-state index is 12.5. The van der Waals surface area contributed by atoms with Gasteiger partial charge in [-0.15, -0.1) is 0 Å². The van der Waals surface area contributed by atoms with Crippen molar-refractivity contribution in [2.75, 3.05) is 17.6 Å². The summed E-state index contributed by atoms with van der Waals surface area (Å²) in [7, 11) is 0. The fourth-order valence-corrected chi connectivity index (χ4v) is 3.19. The molecule has 116 valence electrons. The molecule has 21 heavy (non-hydrogen) atoms. The van der Waals surface area contributed by atoms with Gasteiger partial charge in [-0.3, -0.25) is 9.69 Å². The quantitative estimate of drug-likeness (QED) is 0.818. The summed E-state index contributed by atoms with van der Waals surface area (Å²) in [4.78, 5) is 14.8. The number of benzene rings is 1. The molecule has 0 saturated carbocycles. The van der Waals surface area contributed by atoms with Crippen LogP contribution in [0, 0.1) is 0 Å². The van der Waals surface area contributed by atoms with E-state index in [0.717, 1.165) is 12.2 Å². The number of piperidine rings is 1. The van der Waals surface area contributed by atoms with Crippen LogP contribution in [0.2, 0.25) is 0 Å². The van der Waals surface area contributed by atoms with Crippen molar-refractivity contribution in [3.05, 3.63) is 24.3 Å². The summed E-state index contributed by atoms with van der Waals surface area (Å²) < 4.78 is 0. The third-order valence-electron chi connectivity index (χ3n) is 4.33. The predicted octanol–water partition coefficient (Wildman–Crippen LogP) is 3.25. The highest BCUT2D eigenvalue weighted by atomic mass is 16.2. The van der Waals surface area contributed by atoms with Crippen LogP contribution in [0.3, 0.4) is 0 Å². The summed E-state index contributed by atoms with van der Waals surface area (Å²) >= 11 is 0. The molecule has 1 saturated heterocycles. The topological polar surface area (TPSA) is 58.4 Å². The summed E-state index contributed by atoms with van der Waals surface area (Å²) in [6.45, 7) is 5.25. The van der Waals surface area contributed by atoms with Gasteiger partial charge in [0.05, 0.1) is 6.04 Å². The van der Waals surface area contributed by atoms with Gasteiger partial charge in [0.2, 0.25) is 5.91 Å². The normalized spacial score (nSPS) is 21.0. The Morgan fingerprint density at radius 2 is 2.29 bits per heavy atom. The summed E-state index contributed by atoms with van der Waals surface area (Å²) in [6, 6.07) is 7.80. The van der Waals surface area contributed by atoms with Gasteiger partial charge in [-0.2, -0.15) is 0 Å². The standard InChI is InChI=1S/C17H27N3O/c1-3-7-16-10-4-5-11-20(16)13(2)17(21)19-15-9-6-8-14(18)12-15/h6,8-9,12-13,16H,3-5,7,10-11,18H2,1-2H3,(H,19,21). The Balaban J connectivity index is 2.00. The van der Waals surface area contributed by atoms with E-state index < -0.39 is 0 Å². The summed E-state index contributed by atoms with van der Waals surface area (Å²) in [5, 5.41) is 2.98. The first-order chi connectivity index (χ1) is 10.1. The number of hydrogen-bond donors (Lipinski definition) is 2. The zero-order valence-corrected chi connectivity index (χ0v) is 13.1. The first-order valence-corrected chi connectivity index (χ1v) is 8.04. The van der Waals surface area contributed by atoms with Gasteiger partial charge < -0.3 is 11.1 Å². The number of nitrogen functional groups attached to an aromatic ring is 1. The highest BCUT2D eigenvalue weighted by Gasteiger charge is 2.29. The van der Waals surface area contributed by atoms with E-state index in [0.29, 0.717) is 11.7 Å². The van der Waals surface area contributed by atoms with Crippen molar-refractivity contribution < 1.29 is 4.79 Å². The number of carbonyl (C=O) groups excluding carboxylic acids is 1. The lowest BCUT2D eigenvalue weighted by molar-refractivity contribution is -0.122. The molecule has 0 radical (unpaired) electrons. The van der Waals surface area contributed by atoms with Crippen LogP contribution in [0.5, 0.6) is 0 Å². The number of likely N-dealkylation sites (tertiary alicyclic amines) is 1. The smallest absolute Gasteiger partial charge is 0.241 e. The minimum atomic E-state index is -0.0942. The maximum Gasteiger partial charge on any atom is 0.241 e. The number of amides is 1. The van der Waals surface area contributed by atoms with Crippen LogP contribution in [0.25, 0.3) is 0 Å². The maximum absolute atomic E-state index is 12.5. The minimum Gasteiger partial charge on any atom is -0.399 e. The van der Waals surface area contributed by atoms with E-state index in [1.165, 1.54) is 32.1 Å². The van der Waals surface area contributed by atoms with E-state index in [9.17, 15) is 4.79 Å². The first kappa shape index (κ1) is 15.8. The van der Waals surface area contributed by atoms with E-state index in [4.69, 9.17) is 5.73 Å². The number of nitrogens with one attached hydrogen (secondary N) is 1. The minimum absolute atomic E-state index is 0.0589. The Morgan fingerprint density at radius 1 is 1.48 bits per heavy atom. The van der Waals surface area contributed by atoms with Gasteiger partial charge in [-0.05, 0) is 50.9 Å². The van der Waals surface area contributed by atoms with Gasteiger partial charge in [0, 0.05) is 17.4 Å². The van der Waals surface area contributed by atoms with Gasteiger partial charge >= 0.3 is 0 Å². The summed E-state index contributed by atoms with van der Waals surface area (Å²) in [6.07, 6.45) is 6.03. The Kier molecular flexibility index (Phi) is 5.62. The number of carbonyl (C=O) groups is 1. The summed E-state index contributed by atoms with van der Waals surface area (Å²) in [5.41, 5.74) is 7.20. The van der Waals surface area contributed by atoms with Crippen LogP contribution < -0.4 is 11.1 Å². The predicted molar refractivity (Wildman–Crippen MR) is 88.2 cm³/mol. The molecule has 1 aromatic rings. The Labute approximate surface area is 127 Å². The summed E-state index contributed by atoms with van der Waals surface area (Å²) in [5.74, 6) is 0.0589. The van der Waals surface area contributed by atoms with Gasteiger partial charge in [-0.1, -0.05) is 25.8 Å². The molecule has 2 atom stereocenters. The zero-order valence-electron chi connectivity index (χ0n) is 13.1. The molecule has 2 unspecified atom stereocenters. The van der Waals surface area contributed by atoms with E-state index in [1.54, 1.807) is 6.07 Å². The lowest BCUT2D eigenvalue weighted by Gasteiger charge is -2.39. The van der Waals surface area contributed by atoms with Crippen molar-refractivity contribution in [1.29, 1.82) is 0 Å². The van der Waals surface area contributed by atoms with Crippen LogP contribution >= 0.6 is 0 Å². The van der Waals surface area contributed by atoms with E-state index in [2.05, 4.69) is 17.1 Å². The molecule has 0 bridgehead atoms. The average molecular weight is 289 g/mol. The molecule has 1 aliphatic rings. The molecule has 2 rings (SSSR count). The molecule has 0 spiro atoms. The van der Waals surface area contributed by atoms with Crippen molar-refractivity contribution in [2.45, 2.75) is 58.0 Å². The van der Waals surface area contributed by atoms with Gasteiger partial charge in [-0.25, -0.2) is 0 Å². The molecule has 0 aliphatic carbocycles. The number of rotatable bonds is 5. The highest BCUT2D eigenvalue weighted by Crippen LogP contribution is 2.23. The van der Waals surface area contributed by atoms with Crippen LogP contribution in [-0.4, -0.2) is 29.4 Å². The molecular formula is C17H27N3O. The Hall–Kier alpha value is -1.55. The largest absolute Gasteiger partial charge is 0.399 e. The second-order valence-corrected chi connectivity index (χ2v) is 5.97. The third-order valence-corrected chi connectivity index (χ3v) is 4.33. The number of nitrogens with zero attached hydrogens (tertiary/aromatic N) is 1. The number of anilines is 2. The molecule has 1 fully saturated rings. The van der Waals surface area contributed by atoms with Crippen LogP contribution in [0.1, 0.15) is 46.0 Å². The number of hydrogen-bond acceptors (Lipinski definition) is 3. The molecule has 1 aliphatic heterocycles. The Bertz CT molecular complexity index is 473. The van der Waals surface area contributed by atoms with Crippen molar-refractivity contribution in [1.82, 2.24) is 4.90 Å². The lowest BCUT2D eigenvalue weighted by Crippen LogP contribution is -2.50. The fraction of sp³-hybridized carbons (Fsp3) is 0.588. The molecule has 1 aromatic carbocycles. The molecule has 4 heteroatoms. The highest BCUT2D eigenvalue weighted by molar-refractivity contribution is 5.94. The number of nitrogens with two attached hydrogens (primary N) is 1. The molecular weight excluding hydrogens is 262 g/mol.